The van der Waals surface area contributed by atoms with Crippen molar-refractivity contribution in [2.75, 3.05) is 7.05 Å². The molecule has 1 amide bonds. The van der Waals surface area contributed by atoms with Crippen LogP contribution in [-0.2, 0) is 6.54 Å². The lowest BCUT2D eigenvalue weighted by Gasteiger charge is -2.17. The molecule has 0 spiro atoms. The van der Waals surface area contributed by atoms with E-state index in [-0.39, 0.29) is 5.91 Å². The van der Waals surface area contributed by atoms with Gasteiger partial charge in [-0.3, -0.25) is 4.79 Å². The van der Waals surface area contributed by atoms with Gasteiger partial charge in [0.2, 0.25) is 0 Å². The Hall–Kier alpha value is -1.65. The molecule has 0 radical (unpaired) electrons. The molecule has 2 nitrogen and oxygen atoms in total. The van der Waals surface area contributed by atoms with Crippen molar-refractivity contribution in [2.24, 2.45) is 0 Å². The third-order valence-corrected chi connectivity index (χ3v) is 5.23. The molecule has 0 aliphatic carbocycles. The highest BCUT2D eigenvalue weighted by Crippen LogP contribution is 2.27. The van der Waals surface area contributed by atoms with Gasteiger partial charge in [-0.1, -0.05) is 52.3 Å². The maximum Gasteiger partial charge on any atom is 0.264 e. The molecule has 2 aromatic carbocycles. The molecular weight excluding hydrogens is 346 g/mol. The Morgan fingerprint density at radius 1 is 1.14 bits per heavy atom. The highest BCUT2D eigenvalue weighted by molar-refractivity contribution is 9.10. The van der Waals surface area contributed by atoms with Crippen molar-refractivity contribution in [3.63, 3.8) is 0 Å². The van der Waals surface area contributed by atoms with Crippen LogP contribution in [0.2, 0.25) is 0 Å². The molecule has 3 rings (SSSR count). The third-order valence-electron chi connectivity index (χ3n) is 3.35. The third kappa shape index (κ3) is 3.01. The molecular formula is C17H14BrNOS. The van der Waals surface area contributed by atoms with E-state index in [2.05, 4.69) is 15.9 Å². The average molecular weight is 360 g/mol. The predicted molar refractivity (Wildman–Crippen MR) is 91.8 cm³/mol. The van der Waals surface area contributed by atoms with Crippen LogP contribution < -0.4 is 0 Å². The van der Waals surface area contributed by atoms with E-state index in [1.807, 2.05) is 61.6 Å². The molecule has 106 valence electrons. The molecule has 0 saturated heterocycles. The smallest absolute Gasteiger partial charge is 0.264 e. The normalized spacial score (nSPS) is 10.8. The quantitative estimate of drug-likeness (QED) is 0.648. The van der Waals surface area contributed by atoms with Crippen LogP contribution in [0.25, 0.3) is 10.1 Å². The molecule has 0 aliphatic heterocycles. The lowest BCUT2D eigenvalue weighted by Crippen LogP contribution is -2.25. The number of nitrogens with zero attached hydrogens (tertiary/aromatic N) is 1. The fourth-order valence-corrected chi connectivity index (χ4v) is 3.70. The number of carbonyl (C=O) groups excluding carboxylic acids is 1. The predicted octanol–water partition coefficient (Wildman–Crippen LogP) is 4.94. The van der Waals surface area contributed by atoms with Gasteiger partial charge in [0.15, 0.2) is 0 Å². The summed E-state index contributed by atoms with van der Waals surface area (Å²) in [6.07, 6.45) is 0. The summed E-state index contributed by atoms with van der Waals surface area (Å²) in [6.45, 7) is 0.592. The van der Waals surface area contributed by atoms with Gasteiger partial charge < -0.3 is 4.90 Å². The van der Waals surface area contributed by atoms with Gasteiger partial charge in [-0.25, -0.2) is 0 Å². The van der Waals surface area contributed by atoms with E-state index in [0.717, 1.165) is 25.0 Å². The summed E-state index contributed by atoms with van der Waals surface area (Å²) in [5.74, 6) is 0.0620. The molecule has 0 aliphatic rings. The Kier molecular flexibility index (Phi) is 4.08. The van der Waals surface area contributed by atoms with E-state index in [9.17, 15) is 4.79 Å². The topological polar surface area (TPSA) is 20.3 Å². The van der Waals surface area contributed by atoms with Gasteiger partial charge in [-0.2, -0.15) is 0 Å². The minimum absolute atomic E-state index is 0.0620. The van der Waals surface area contributed by atoms with Crippen molar-refractivity contribution in [3.8, 4) is 0 Å². The number of fused-ring (bicyclic) bond motifs is 1. The minimum Gasteiger partial charge on any atom is -0.337 e. The number of amides is 1. The SMILES string of the molecule is CN(Cc1ccccc1Br)C(=O)c1cc2ccccc2s1. The maximum absolute atomic E-state index is 12.6. The average Bonchev–Trinajstić information content (AvgIpc) is 2.92. The van der Waals surface area contributed by atoms with Gasteiger partial charge in [0, 0.05) is 22.8 Å². The van der Waals surface area contributed by atoms with Gasteiger partial charge in [-0.05, 0) is 29.1 Å². The first-order chi connectivity index (χ1) is 10.1. The van der Waals surface area contributed by atoms with Crippen molar-refractivity contribution < 1.29 is 4.79 Å². The van der Waals surface area contributed by atoms with Crippen molar-refractivity contribution in [2.45, 2.75) is 6.54 Å². The van der Waals surface area contributed by atoms with Gasteiger partial charge in [0.1, 0.15) is 0 Å². The number of benzene rings is 2. The zero-order valence-electron chi connectivity index (χ0n) is 11.5. The highest BCUT2D eigenvalue weighted by atomic mass is 79.9. The lowest BCUT2D eigenvalue weighted by molar-refractivity contribution is 0.0789. The van der Waals surface area contributed by atoms with Crippen LogP contribution in [0, 0.1) is 0 Å². The van der Waals surface area contributed by atoms with E-state index >= 15 is 0 Å². The van der Waals surface area contributed by atoms with E-state index in [1.54, 1.807) is 16.2 Å². The highest BCUT2D eigenvalue weighted by Gasteiger charge is 2.15. The van der Waals surface area contributed by atoms with Gasteiger partial charge in [0.05, 0.1) is 4.88 Å². The first kappa shape index (κ1) is 14.3. The van der Waals surface area contributed by atoms with Crippen LogP contribution in [0.1, 0.15) is 15.2 Å². The Labute approximate surface area is 136 Å². The number of hydrogen-bond donors (Lipinski definition) is 0. The first-order valence-electron chi connectivity index (χ1n) is 6.62. The van der Waals surface area contributed by atoms with Crippen molar-refractivity contribution in [1.29, 1.82) is 0 Å². The van der Waals surface area contributed by atoms with E-state index in [4.69, 9.17) is 0 Å². The van der Waals surface area contributed by atoms with E-state index < -0.39 is 0 Å². The number of carbonyl (C=O) groups is 1. The fraction of sp³-hybridized carbons (Fsp3) is 0.118. The second-order valence-electron chi connectivity index (χ2n) is 4.90. The summed E-state index contributed by atoms with van der Waals surface area (Å²) < 4.78 is 2.18. The number of hydrogen-bond acceptors (Lipinski definition) is 2. The molecule has 0 atom stereocenters. The van der Waals surface area contributed by atoms with Gasteiger partial charge in [0.25, 0.3) is 5.91 Å². The molecule has 0 saturated carbocycles. The Morgan fingerprint density at radius 3 is 2.62 bits per heavy atom. The molecule has 3 aromatic rings. The Bertz CT molecular complexity index is 763. The van der Waals surface area contributed by atoms with Crippen LogP contribution in [0.5, 0.6) is 0 Å². The van der Waals surface area contributed by atoms with Crippen molar-refractivity contribution in [3.05, 3.63) is 69.5 Å². The maximum atomic E-state index is 12.6. The van der Waals surface area contributed by atoms with Crippen molar-refractivity contribution >= 4 is 43.3 Å². The summed E-state index contributed by atoms with van der Waals surface area (Å²) in [4.78, 5) is 15.1. The molecule has 0 unspecified atom stereocenters. The standard InChI is InChI=1S/C17H14BrNOS/c1-19(11-13-7-2-4-8-14(13)18)17(20)16-10-12-6-3-5-9-15(12)21-16/h2-10H,11H2,1H3. The summed E-state index contributed by atoms with van der Waals surface area (Å²) in [7, 11) is 1.84. The Balaban J connectivity index is 1.82. The minimum atomic E-state index is 0.0620. The molecule has 0 fully saturated rings. The molecule has 0 N–H and O–H groups in total. The van der Waals surface area contributed by atoms with Crippen LogP contribution in [0.15, 0.2) is 59.1 Å². The number of rotatable bonds is 3. The van der Waals surface area contributed by atoms with Crippen LogP contribution in [-0.4, -0.2) is 17.9 Å². The Morgan fingerprint density at radius 2 is 1.86 bits per heavy atom. The molecule has 21 heavy (non-hydrogen) atoms. The van der Waals surface area contributed by atoms with Crippen LogP contribution >= 0.6 is 27.3 Å². The van der Waals surface area contributed by atoms with Crippen molar-refractivity contribution in [1.82, 2.24) is 4.90 Å². The monoisotopic (exact) mass is 359 g/mol. The van der Waals surface area contributed by atoms with E-state index in [0.29, 0.717) is 6.54 Å². The molecule has 1 heterocycles. The zero-order valence-corrected chi connectivity index (χ0v) is 13.9. The zero-order chi connectivity index (χ0) is 14.8. The van der Waals surface area contributed by atoms with Crippen LogP contribution in [0.4, 0.5) is 0 Å². The number of halogens is 1. The molecule has 1 aromatic heterocycles. The summed E-state index contributed by atoms with van der Waals surface area (Å²) in [5, 5.41) is 1.13. The van der Waals surface area contributed by atoms with Gasteiger partial charge >= 0.3 is 0 Å². The summed E-state index contributed by atoms with van der Waals surface area (Å²) >= 11 is 5.07. The lowest BCUT2D eigenvalue weighted by atomic mass is 10.2. The molecule has 4 heteroatoms. The summed E-state index contributed by atoms with van der Waals surface area (Å²) in [6, 6.07) is 18.0. The second kappa shape index (κ2) is 6.00. The van der Waals surface area contributed by atoms with Gasteiger partial charge in [-0.15, -0.1) is 11.3 Å². The molecule has 0 bridgehead atoms. The summed E-state index contributed by atoms with van der Waals surface area (Å²) in [5.41, 5.74) is 1.11. The largest absolute Gasteiger partial charge is 0.337 e. The number of thiophene rings is 1. The van der Waals surface area contributed by atoms with Crippen LogP contribution in [0.3, 0.4) is 0 Å². The first-order valence-corrected chi connectivity index (χ1v) is 8.23. The fourth-order valence-electron chi connectivity index (χ4n) is 2.23. The second-order valence-corrected chi connectivity index (χ2v) is 6.84. The van der Waals surface area contributed by atoms with E-state index in [1.165, 1.54) is 0 Å².